The van der Waals surface area contributed by atoms with Crippen LogP contribution >= 0.6 is 0 Å². The van der Waals surface area contributed by atoms with Gasteiger partial charge in [-0.3, -0.25) is 15.0 Å². The number of hydrogen-bond acceptors (Lipinski definition) is 5. The van der Waals surface area contributed by atoms with Gasteiger partial charge in [0.05, 0.1) is 11.9 Å². The summed E-state index contributed by atoms with van der Waals surface area (Å²) in [6.07, 6.45) is 12.0. The van der Waals surface area contributed by atoms with Crippen LogP contribution in [-0.2, 0) is 4.79 Å². The second-order valence-corrected chi connectivity index (χ2v) is 10.3. The Hall–Kier alpha value is -2.45. The summed E-state index contributed by atoms with van der Waals surface area (Å²) in [6, 6.07) is 2.29. The lowest BCUT2D eigenvalue weighted by Gasteiger charge is -2.35. The van der Waals surface area contributed by atoms with Crippen molar-refractivity contribution in [2.45, 2.75) is 56.9 Å². The molecule has 2 saturated heterocycles. The molecule has 2 aromatic rings. The zero-order valence-corrected chi connectivity index (χ0v) is 19.3. The molecule has 2 aromatic heterocycles. The number of anilines is 1. The number of hydrogen-bond donors (Lipinski definition) is 2. The highest BCUT2D eigenvalue weighted by Gasteiger charge is 2.32. The number of amides is 3. The molecule has 3 amide bonds. The molecule has 0 spiro atoms. The molecule has 0 unspecified atom stereocenters. The molecule has 0 radical (unpaired) electrons. The smallest absolute Gasteiger partial charge is 0.328 e. The maximum atomic E-state index is 12.4. The van der Waals surface area contributed by atoms with Crippen molar-refractivity contribution in [2.75, 3.05) is 44.2 Å². The predicted molar refractivity (Wildman–Crippen MR) is 128 cm³/mol. The number of urea groups is 1. The number of pyridine rings is 1. The molecular weight excluding hydrogens is 416 g/mol. The standard InChI is InChI=1S/C25H34N6O2/c32-23-7-10-30(25(33)28-23)20-13-21-22(18-3-4-18)16-31(24(21)27-14-20)19-5-1-17(2-6-19)15-29-11-8-26-9-12-29/h13-14,16-19,26H,1-12,15H2,(H,28,32,33). The Balaban J connectivity index is 1.21. The Bertz CT molecular complexity index is 1050. The Labute approximate surface area is 194 Å². The van der Waals surface area contributed by atoms with E-state index in [2.05, 4.69) is 32.4 Å². The van der Waals surface area contributed by atoms with Gasteiger partial charge in [0.25, 0.3) is 0 Å². The summed E-state index contributed by atoms with van der Waals surface area (Å²) >= 11 is 0. The van der Waals surface area contributed by atoms with E-state index in [1.165, 1.54) is 69.1 Å². The van der Waals surface area contributed by atoms with E-state index >= 15 is 0 Å². The van der Waals surface area contributed by atoms with Crippen LogP contribution in [-0.4, -0.2) is 65.7 Å². The van der Waals surface area contributed by atoms with Crippen LogP contribution in [0.25, 0.3) is 11.0 Å². The molecule has 4 heterocycles. The number of piperazine rings is 1. The van der Waals surface area contributed by atoms with Gasteiger partial charge in [-0.1, -0.05) is 0 Å². The fourth-order valence-corrected chi connectivity index (χ4v) is 5.97. The van der Waals surface area contributed by atoms with Crippen molar-refractivity contribution in [1.29, 1.82) is 0 Å². The third-order valence-electron chi connectivity index (χ3n) is 8.00. The summed E-state index contributed by atoms with van der Waals surface area (Å²) in [5.74, 6) is 1.22. The van der Waals surface area contributed by atoms with Crippen molar-refractivity contribution in [2.24, 2.45) is 5.92 Å². The van der Waals surface area contributed by atoms with E-state index in [0.29, 0.717) is 24.9 Å². The number of rotatable bonds is 5. The minimum Gasteiger partial charge on any atom is -0.329 e. The van der Waals surface area contributed by atoms with Crippen LogP contribution in [0.4, 0.5) is 10.5 Å². The molecule has 33 heavy (non-hydrogen) atoms. The van der Waals surface area contributed by atoms with Crippen molar-refractivity contribution < 1.29 is 9.59 Å². The maximum Gasteiger partial charge on any atom is 0.328 e. The SMILES string of the molecule is O=C1CCN(c2cnc3c(c2)c(C2CC2)cn3C2CCC(CN3CCNCC3)CC2)C(=O)N1. The van der Waals surface area contributed by atoms with E-state index in [-0.39, 0.29) is 11.9 Å². The zero-order valence-electron chi connectivity index (χ0n) is 19.3. The van der Waals surface area contributed by atoms with E-state index in [9.17, 15) is 9.59 Å². The van der Waals surface area contributed by atoms with E-state index in [1.807, 2.05) is 0 Å². The molecule has 2 saturated carbocycles. The third-order valence-corrected chi connectivity index (χ3v) is 8.00. The van der Waals surface area contributed by atoms with Gasteiger partial charge in [-0.2, -0.15) is 0 Å². The highest BCUT2D eigenvalue weighted by Crippen LogP contribution is 2.46. The Kier molecular flexibility index (Phi) is 5.58. The summed E-state index contributed by atoms with van der Waals surface area (Å²) in [4.78, 5) is 33.0. The van der Waals surface area contributed by atoms with Crippen LogP contribution in [0.5, 0.6) is 0 Å². The van der Waals surface area contributed by atoms with Gasteiger partial charge in [0.2, 0.25) is 5.91 Å². The number of carbonyl (C=O) groups excluding carboxylic acids is 2. The first-order valence-corrected chi connectivity index (χ1v) is 12.7. The second kappa shape index (κ2) is 8.72. The van der Waals surface area contributed by atoms with Gasteiger partial charge in [-0.15, -0.1) is 0 Å². The fourth-order valence-electron chi connectivity index (χ4n) is 5.97. The van der Waals surface area contributed by atoms with Crippen LogP contribution in [0, 0.1) is 5.92 Å². The molecule has 0 bridgehead atoms. The molecular formula is C25H34N6O2. The zero-order chi connectivity index (χ0) is 22.4. The molecule has 4 aliphatic rings. The van der Waals surface area contributed by atoms with Crippen LogP contribution in [0.1, 0.15) is 62.5 Å². The number of aromatic nitrogens is 2. The molecule has 6 rings (SSSR count). The van der Waals surface area contributed by atoms with Gasteiger partial charge in [0, 0.05) is 63.3 Å². The van der Waals surface area contributed by atoms with Crippen molar-refractivity contribution >= 4 is 28.7 Å². The minimum absolute atomic E-state index is 0.206. The molecule has 2 N–H and O–H groups in total. The van der Waals surface area contributed by atoms with Gasteiger partial charge in [0.15, 0.2) is 0 Å². The Morgan fingerprint density at radius 2 is 1.79 bits per heavy atom. The van der Waals surface area contributed by atoms with Crippen LogP contribution in [0.15, 0.2) is 18.5 Å². The fraction of sp³-hybridized carbons (Fsp3) is 0.640. The number of carbonyl (C=O) groups is 2. The van der Waals surface area contributed by atoms with Crippen LogP contribution < -0.4 is 15.5 Å². The van der Waals surface area contributed by atoms with Gasteiger partial charge >= 0.3 is 6.03 Å². The lowest BCUT2D eigenvalue weighted by Crippen LogP contribution is -2.49. The lowest BCUT2D eigenvalue weighted by molar-refractivity contribution is -0.120. The van der Waals surface area contributed by atoms with Gasteiger partial charge < -0.3 is 14.8 Å². The first kappa shape index (κ1) is 21.1. The number of nitrogens with one attached hydrogen (secondary N) is 2. The van der Waals surface area contributed by atoms with Gasteiger partial charge in [-0.05, 0) is 62.0 Å². The number of imide groups is 1. The first-order valence-electron chi connectivity index (χ1n) is 12.7. The summed E-state index contributed by atoms with van der Waals surface area (Å²) in [7, 11) is 0. The normalized spacial score (nSPS) is 27.2. The topological polar surface area (TPSA) is 82.5 Å². The monoisotopic (exact) mass is 450 g/mol. The van der Waals surface area contributed by atoms with Gasteiger partial charge in [-0.25, -0.2) is 9.78 Å². The van der Waals surface area contributed by atoms with Crippen molar-refractivity contribution in [1.82, 2.24) is 25.1 Å². The van der Waals surface area contributed by atoms with E-state index in [0.717, 1.165) is 30.3 Å². The summed E-state index contributed by atoms with van der Waals surface area (Å²) < 4.78 is 2.44. The summed E-state index contributed by atoms with van der Waals surface area (Å²) in [5.41, 5.74) is 3.22. The van der Waals surface area contributed by atoms with E-state index < -0.39 is 0 Å². The van der Waals surface area contributed by atoms with Crippen LogP contribution in [0.3, 0.4) is 0 Å². The highest BCUT2D eigenvalue weighted by atomic mass is 16.2. The second-order valence-electron chi connectivity index (χ2n) is 10.3. The van der Waals surface area contributed by atoms with Gasteiger partial charge in [0.1, 0.15) is 5.65 Å². The van der Waals surface area contributed by atoms with Crippen molar-refractivity contribution in [3.8, 4) is 0 Å². The van der Waals surface area contributed by atoms with E-state index in [1.54, 1.807) is 11.1 Å². The Morgan fingerprint density at radius 3 is 2.52 bits per heavy atom. The molecule has 8 heteroatoms. The molecule has 2 aliphatic heterocycles. The van der Waals surface area contributed by atoms with Crippen molar-refractivity contribution in [3.05, 3.63) is 24.0 Å². The number of fused-ring (bicyclic) bond motifs is 1. The third kappa shape index (κ3) is 4.26. The molecule has 176 valence electrons. The average Bonchev–Trinajstić information content (AvgIpc) is 3.61. The van der Waals surface area contributed by atoms with Crippen LogP contribution in [0.2, 0.25) is 0 Å². The lowest BCUT2D eigenvalue weighted by atomic mass is 9.85. The minimum atomic E-state index is -0.345. The first-order chi connectivity index (χ1) is 16.2. The number of nitrogens with zero attached hydrogens (tertiary/aromatic N) is 4. The highest BCUT2D eigenvalue weighted by molar-refractivity contribution is 6.06. The Morgan fingerprint density at radius 1 is 1.00 bits per heavy atom. The quantitative estimate of drug-likeness (QED) is 0.732. The van der Waals surface area contributed by atoms with E-state index in [4.69, 9.17) is 4.98 Å². The molecule has 0 atom stereocenters. The molecule has 2 aliphatic carbocycles. The maximum absolute atomic E-state index is 12.4. The average molecular weight is 451 g/mol. The largest absolute Gasteiger partial charge is 0.329 e. The molecule has 4 fully saturated rings. The summed E-state index contributed by atoms with van der Waals surface area (Å²) in [6.45, 7) is 6.27. The molecule has 0 aromatic carbocycles. The predicted octanol–water partition coefficient (Wildman–Crippen LogP) is 3.00. The van der Waals surface area contributed by atoms with Crippen molar-refractivity contribution in [3.63, 3.8) is 0 Å². The summed E-state index contributed by atoms with van der Waals surface area (Å²) in [5, 5.41) is 7.06. The molecule has 8 nitrogen and oxygen atoms in total.